The van der Waals surface area contributed by atoms with Crippen LogP contribution in [-0.2, 0) is 13.0 Å². The van der Waals surface area contributed by atoms with Gasteiger partial charge in [0.05, 0.1) is 13.3 Å². The summed E-state index contributed by atoms with van der Waals surface area (Å²) in [6.07, 6.45) is 2.63. The minimum absolute atomic E-state index is 0.0839. The largest absolute Gasteiger partial charge is 0.493 e. The Hall–Kier alpha value is -2.17. The molecule has 0 fully saturated rings. The number of rotatable bonds is 6. The highest BCUT2D eigenvalue weighted by molar-refractivity contribution is 5.98. The lowest BCUT2D eigenvalue weighted by atomic mass is 10.1. The van der Waals surface area contributed by atoms with E-state index >= 15 is 0 Å². The summed E-state index contributed by atoms with van der Waals surface area (Å²) in [5.41, 5.74) is 1.24. The molecule has 0 spiro atoms. The van der Waals surface area contributed by atoms with Gasteiger partial charge in [0.2, 0.25) is 0 Å². The number of halogens is 1. The van der Waals surface area contributed by atoms with E-state index < -0.39 is 0 Å². The maximum absolute atomic E-state index is 12.9. The molecule has 0 N–H and O–H groups in total. The van der Waals surface area contributed by atoms with E-state index in [0.717, 1.165) is 12.0 Å². The molecule has 0 aliphatic rings. The Morgan fingerprint density at radius 3 is 2.65 bits per heavy atom. The second kappa shape index (κ2) is 6.32. The van der Waals surface area contributed by atoms with Gasteiger partial charge in [0.15, 0.2) is 11.5 Å². The van der Waals surface area contributed by atoms with Crippen molar-refractivity contribution in [3.8, 4) is 5.75 Å². The standard InChI is InChI=1S/C15H17FN2O2/c1-3-8-18-15(14(20-2)10-17-18)13(19)9-11-4-6-12(16)7-5-11/h4-7,10H,3,8-9H2,1-2H3. The minimum Gasteiger partial charge on any atom is -0.493 e. The van der Waals surface area contributed by atoms with Crippen molar-refractivity contribution >= 4 is 5.78 Å². The Balaban J connectivity index is 2.23. The summed E-state index contributed by atoms with van der Waals surface area (Å²) < 4.78 is 19.7. The first-order chi connectivity index (χ1) is 9.65. The fourth-order valence-corrected chi connectivity index (χ4v) is 2.05. The summed E-state index contributed by atoms with van der Waals surface area (Å²) in [5, 5.41) is 4.16. The Morgan fingerprint density at radius 2 is 2.05 bits per heavy atom. The van der Waals surface area contributed by atoms with E-state index in [2.05, 4.69) is 5.10 Å². The molecule has 1 heterocycles. The normalized spacial score (nSPS) is 10.6. The number of aromatic nitrogens is 2. The van der Waals surface area contributed by atoms with Crippen LogP contribution in [0.5, 0.6) is 5.75 Å². The third-order valence-electron chi connectivity index (χ3n) is 3.00. The summed E-state index contributed by atoms with van der Waals surface area (Å²) in [5.74, 6) is 0.0831. The third-order valence-corrected chi connectivity index (χ3v) is 3.00. The molecule has 0 aliphatic carbocycles. The fourth-order valence-electron chi connectivity index (χ4n) is 2.05. The van der Waals surface area contributed by atoms with Crippen molar-refractivity contribution in [1.82, 2.24) is 9.78 Å². The monoisotopic (exact) mass is 276 g/mol. The van der Waals surface area contributed by atoms with Gasteiger partial charge in [0.1, 0.15) is 11.5 Å². The smallest absolute Gasteiger partial charge is 0.189 e. The molecule has 0 amide bonds. The highest BCUT2D eigenvalue weighted by atomic mass is 19.1. The summed E-state index contributed by atoms with van der Waals surface area (Å²) >= 11 is 0. The number of carbonyl (C=O) groups excluding carboxylic acids is 1. The number of carbonyl (C=O) groups is 1. The predicted molar refractivity (Wildman–Crippen MR) is 73.5 cm³/mol. The Labute approximate surface area is 117 Å². The Morgan fingerprint density at radius 1 is 1.35 bits per heavy atom. The van der Waals surface area contributed by atoms with E-state index in [4.69, 9.17) is 4.74 Å². The molecule has 0 aliphatic heterocycles. The van der Waals surface area contributed by atoms with Gasteiger partial charge < -0.3 is 4.74 Å². The van der Waals surface area contributed by atoms with Crippen molar-refractivity contribution in [2.24, 2.45) is 0 Å². The van der Waals surface area contributed by atoms with Crippen molar-refractivity contribution in [3.05, 3.63) is 47.5 Å². The van der Waals surface area contributed by atoms with Crippen molar-refractivity contribution in [1.29, 1.82) is 0 Å². The molecular formula is C15H17FN2O2. The lowest BCUT2D eigenvalue weighted by molar-refractivity contribution is 0.0979. The first-order valence-electron chi connectivity index (χ1n) is 6.53. The van der Waals surface area contributed by atoms with Crippen LogP contribution in [-0.4, -0.2) is 22.7 Å². The van der Waals surface area contributed by atoms with Crippen LogP contribution in [0.25, 0.3) is 0 Å². The van der Waals surface area contributed by atoms with E-state index in [1.165, 1.54) is 19.2 Å². The van der Waals surface area contributed by atoms with E-state index in [-0.39, 0.29) is 18.0 Å². The molecule has 2 aromatic rings. The predicted octanol–water partition coefficient (Wildman–Crippen LogP) is 2.87. The lowest BCUT2D eigenvalue weighted by Crippen LogP contribution is -2.13. The highest BCUT2D eigenvalue weighted by Gasteiger charge is 2.19. The molecule has 0 saturated carbocycles. The van der Waals surface area contributed by atoms with E-state index in [1.807, 2.05) is 6.92 Å². The first-order valence-corrected chi connectivity index (χ1v) is 6.53. The van der Waals surface area contributed by atoms with Crippen molar-refractivity contribution in [3.63, 3.8) is 0 Å². The summed E-state index contributed by atoms with van der Waals surface area (Å²) in [6, 6.07) is 5.92. The Bertz CT molecular complexity index is 590. The van der Waals surface area contributed by atoms with Crippen LogP contribution in [0.1, 0.15) is 29.4 Å². The zero-order chi connectivity index (χ0) is 14.5. The molecule has 0 bridgehead atoms. The van der Waals surface area contributed by atoms with Gasteiger partial charge in [0, 0.05) is 13.0 Å². The van der Waals surface area contributed by atoms with Gasteiger partial charge in [-0.1, -0.05) is 19.1 Å². The molecule has 20 heavy (non-hydrogen) atoms. The van der Waals surface area contributed by atoms with Gasteiger partial charge in [0.25, 0.3) is 0 Å². The third kappa shape index (κ3) is 3.04. The molecular weight excluding hydrogens is 259 g/mol. The van der Waals surface area contributed by atoms with Crippen LogP contribution in [0.2, 0.25) is 0 Å². The topological polar surface area (TPSA) is 44.1 Å². The van der Waals surface area contributed by atoms with E-state index in [1.54, 1.807) is 23.0 Å². The second-order valence-corrected chi connectivity index (χ2v) is 4.51. The fraction of sp³-hybridized carbons (Fsp3) is 0.333. The molecule has 2 rings (SSSR count). The number of ketones is 1. The molecule has 1 aromatic heterocycles. The molecule has 1 aromatic carbocycles. The summed E-state index contributed by atoms with van der Waals surface area (Å²) in [6.45, 7) is 2.68. The van der Waals surface area contributed by atoms with Gasteiger partial charge in [-0.2, -0.15) is 5.10 Å². The van der Waals surface area contributed by atoms with Crippen LogP contribution in [0.3, 0.4) is 0 Å². The number of nitrogens with zero attached hydrogens (tertiary/aromatic N) is 2. The molecule has 4 nitrogen and oxygen atoms in total. The van der Waals surface area contributed by atoms with Crippen LogP contribution in [0.4, 0.5) is 4.39 Å². The minimum atomic E-state index is -0.310. The zero-order valence-corrected chi connectivity index (χ0v) is 11.6. The molecule has 106 valence electrons. The molecule has 5 heteroatoms. The van der Waals surface area contributed by atoms with Gasteiger partial charge in [-0.05, 0) is 24.1 Å². The number of benzene rings is 1. The van der Waals surface area contributed by atoms with Crippen molar-refractivity contribution in [2.75, 3.05) is 7.11 Å². The number of Topliss-reactive ketones (excluding diaryl/α,β-unsaturated/α-hetero) is 1. The molecule has 0 atom stereocenters. The maximum Gasteiger partial charge on any atom is 0.189 e. The molecule has 0 saturated heterocycles. The average molecular weight is 276 g/mol. The number of hydrogen-bond donors (Lipinski definition) is 0. The quantitative estimate of drug-likeness (QED) is 0.762. The van der Waals surface area contributed by atoms with E-state index in [0.29, 0.717) is 18.0 Å². The number of aryl methyl sites for hydroxylation is 1. The summed E-state index contributed by atoms with van der Waals surface area (Å²) in [4.78, 5) is 12.4. The van der Waals surface area contributed by atoms with Crippen molar-refractivity contribution < 1.29 is 13.9 Å². The maximum atomic E-state index is 12.9. The summed E-state index contributed by atoms with van der Waals surface area (Å²) in [7, 11) is 1.52. The number of ether oxygens (including phenoxy) is 1. The first kappa shape index (κ1) is 14.2. The lowest BCUT2D eigenvalue weighted by Gasteiger charge is -2.07. The number of hydrogen-bond acceptors (Lipinski definition) is 3. The Kier molecular flexibility index (Phi) is 4.50. The van der Waals surface area contributed by atoms with Crippen LogP contribution < -0.4 is 4.74 Å². The second-order valence-electron chi connectivity index (χ2n) is 4.51. The SMILES string of the molecule is CCCn1ncc(OC)c1C(=O)Cc1ccc(F)cc1. The van der Waals surface area contributed by atoms with Crippen molar-refractivity contribution in [2.45, 2.75) is 26.3 Å². The average Bonchev–Trinajstić information content (AvgIpc) is 2.85. The van der Waals surface area contributed by atoms with Crippen LogP contribution in [0.15, 0.2) is 30.5 Å². The van der Waals surface area contributed by atoms with Gasteiger partial charge in [-0.3, -0.25) is 9.48 Å². The van der Waals surface area contributed by atoms with Crippen LogP contribution >= 0.6 is 0 Å². The van der Waals surface area contributed by atoms with Crippen LogP contribution in [0, 0.1) is 5.82 Å². The highest BCUT2D eigenvalue weighted by Crippen LogP contribution is 2.20. The van der Waals surface area contributed by atoms with Gasteiger partial charge in [-0.25, -0.2) is 4.39 Å². The van der Waals surface area contributed by atoms with E-state index in [9.17, 15) is 9.18 Å². The number of methoxy groups -OCH3 is 1. The molecule has 0 radical (unpaired) electrons. The van der Waals surface area contributed by atoms with Gasteiger partial charge >= 0.3 is 0 Å². The van der Waals surface area contributed by atoms with Gasteiger partial charge in [-0.15, -0.1) is 0 Å². The molecule has 0 unspecified atom stereocenters. The zero-order valence-electron chi connectivity index (χ0n) is 11.6.